The van der Waals surface area contributed by atoms with Crippen molar-refractivity contribution in [2.24, 2.45) is 0 Å². The molecule has 0 aliphatic carbocycles. The van der Waals surface area contributed by atoms with Crippen LogP contribution in [0.15, 0.2) is 47.2 Å². The number of hydrogen-bond donors (Lipinski definition) is 1. The fourth-order valence-electron chi connectivity index (χ4n) is 1.65. The molecule has 0 saturated carbocycles. The number of rotatable bonds is 4. The Morgan fingerprint density at radius 3 is 2.84 bits per heavy atom. The van der Waals surface area contributed by atoms with Crippen LogP contribution in [0.25, 0.3) is 0 Å². The van der Waals surface area contributed by atoms with Crippen LogP contribution in [0.1, 0.15) is 15.9 Å². The summed E-state index contributed by atoms with van der Waals surface area (Å²) in [6, 6.07) is 8.23. The molecule has 98 valence electrons. The van der Waals surface area contributed by atoms with Gasteiger partial charge < -0.3 is 5.32 Å². The first-order valence-corrected chi connectivity index (χ1v) is 6.58. The van der Waals surface area contributed by atoms with E-state index in [9.17, 15) is 9.18 Å². The summed E-state index contributed by atoms with van der Waals surface area (Å²) in [6.45, 7) is 0.381. The minimum atomic E-state index is -0.249. The molecular formula is C14H12BrFN2O. The van der Waals surface area contributed by atoms with Crippen molar-refractivity contribution in [2.45, 2.75) is 6.42 Å². The summed E-state index contributed by atoms with van der Waals surface area (Å²) in [5.74, 6) is -0.467. The highest BCUT2D eigenvalue weighted by molar-refractivity contribution is 9.10. The van der Waals surface area contributed by atoms with Crippen molar-refractivity contribution >= 4 is 21.8 Å². The molecule has 0 fully saturated rings. The van der Waals surface area contributed by atoms with E-state index in [1.807, 2.05) is 0 Å². The zero-order valence-electron chi connectivity index (χ0n) is 10.1. The molecule has 0 aliphatic rings. The highest BCUT2D eigenvalue weighted by Crippen LogP contribution is 2.10. The number of carbonyl (C=O) groups excluding carboxylic acids is 1. The van der Waals surface area contributed by atoms with E-state index in [-0.39, 0.29) is 11.7 Å². The number of halogens is 2. The molecule has 1 aromatic heterocycles. The number of benzene rings is 1. The highest BCUT2D eigenvalue weighted by Gasteiger charge is 2.06. The van der Waals surface area contributed by atoms with Crippen LogP contribution in [0.3, 0.4) is 0 Å². The smallest absolute Gasteiger partial charge is 0.252 e. The molecule has 0 radical (unpaired) electrons. The largest absolute Gasteiger partial charge is 0.352 e. The Hall–Kier alpha value is -1.75. The van der Waals surface area contributed by atoms with E-state index < -0.39 is 0 Å². The van der Waals surface area contributed by atoms with Crippen LogP contribution < -0.4 is 5.32 Å². The Morgan fingerprint density at radius 2 is 2.11 bits per heavy atom. The summed E-state index contributed by atoms with van der Waals surface area (Å²) in [7, 11) is 0. The Bertz CT molecular complexity index is 589. The van der Waals surface area contributed by atoms with Gasteiger partial charge >= 0.3 is 0 Å². The van der Waals surface area contributed by atoms with E-state index in [4.69, 9.17) is 0 Å². The van der Waals surface area contributed by atoms with Crippen LogP contribution in [0.2, 0.25) is 0 Å². The summed E-state index contributed by atoms with van der Waals surface area (Å²) in [5.41, 5.74) is 1.07. The lowest BCUT2D eigenvalue weighted by Crippen LogP contribution is -2.26. The molecule has 0 spiro atoms. The standard InChI is InChI=1S/C14H12BrFN2O/c15-12-7-11(8-17-9-12)14(19)18-6-5-10-3-1-2-4-13(10)16/h1-4,7-9H,5-6H2,(H,18,19). The number of hydrogen-bond acceptors (Lipinski definition) is 2. The molecule has 3 nitrogen and oxygen atoms in total. The minimum absolute atomic E-state index is 0.217. The van der Waals surface area contributed by atoms with Crippen LogP contribution in [0, 0.1) is 5.82 Å². The first-order chi connectivity index (χ1) is 9.16. The molecule has 1 aromatic carbocycles. The average molecular weight is 323 g/mol. The third-order valence-corrected chi connectivity index (χ3v) is 3.04. The fourth-order valence-corrected chi connectivity index (χ4v) is 2.01. The molecule has 2 aromatic rings. The normalized spacial score (nSPS) is 10.2. The predicted octanol–water partition coefficient (Wildman–Crippen LogP) is 2.96. The molecule has 1 heterocycles. The second-order valence-corrected chi connectivity index (χ2v) is 4.90. The van der Waals surface area contributed by atoms with E-state index in [0.717, 1.165) is 4.47 Å². The quantitative estimate of drug-likeness (QED) is 0.940. The van der Waals surface area contributed by atoms with Gasteiger partial charge in [0.25, 0.3) is 5.91 Å². The van der Waals surface area contributed by atoms with Gasteiger partial charge in [-0.25, -0.2) is 4.39 Å². The molecule has 0 bridgehead atoms. The van der Waals surface area contributed by atoms with E-state index >= 15 is 0 Å². The first kappa shape index (κ1) is 13.7. The number of carbonyl (C=O) groups is 1. The van der Waals surface area contributed by atoms with Crippen LogP contribution in [0.5, 0.6) is 0 Å². The molecular weight excluding hydrogens is 311 g/mol. The Balaban J connectivity index is 1.90. The maximum Gasteiger partial charge on any atom is 0.252 e. The maximum absolute atomic E-state index is 13.4. The van der Waals surface area contributed by atoms with E-state index in [1.54, 1.807) is 30.5 Å². The molecule has 1 N–H and O–H groups in total. The average Bonchev–Trinajstić information content (AvgIpc) is 2.41. The summed E-state index contributed by atoms with van der Waals surface area (Å²) < 4.78 is 14.1. The molecule has 0 saturated heterocycles. The van der Waals surface area contributed by atoms with Crippen LogP contribution >= 0.6 is 15.9 Å². The Labute approximate surface area is 119 Å². The third-order valence-electron chi connectivity index (χ3n) is 2.60. The van der Waals surface area contributed by atoms with Gasteiger partial charge in [0, 0.05) is 23.4 Å². The lowest BCUT2D eigenvalue weighted by molar-refractivity contribution is 0.0953. The summed E-state index contributed by atoms with van der Waals surface area (Å²) in [5, 5.41) is 2.74. The Morgan fingerprint density at radius 1 is 1.32 bits per heavy atom. The van der Waals surface area contributed by atoms with Gasteiger partial charge in [0.1, 0.15) is 5.82 Å². The molecule has 0 atom stereocenters. The van der Waals surface area contributed by atoms with Gasteiger partial charge in [-0.05, 0) is 40.0 Å². The van der Waals surface area contributed by atoms with Crippen molar-refractivity contribution in [1.82, 2.24) is 10.3 Å². The van der Waals surface area contributed by atoms with Crippen molar-refractivity contribution in [3.05, 3.63) is 64.1 Å². The minimum Gasteiger partial charge on any atom is -0.352 e. The number of pyridine rings is 1. The second-order valence-electron chi connectivity index (χ2n) is 3.99. The predicted molar refractivity (Wildman–Crippen MR) is 74.4 cm³/mol. The number of aromatic nitrogens is 1. The van der Waals surface area contributed by atoms with Crippen molar-refractivity contribution in [2.75, 3.05) is 6.54 Å². The van der Waals surface area contributed by atoms with Gasteiger partial charge in [-0.15, -0.1) is 0 Å². The van der Waals surface area contributed by atoms with Crippen LogP contribution in [-0.4, -0.2) is 17.4 Å². The molecule has 0 unspecified atom stereocenters. The van der Waals surface area contributed by atoms with E-state index in [2.05, 4.69) is 26.2 Å². The lowest BCUT2D eigenvalue weighted by Gasteiger charge is -2.06. The number of amides is 1. The van der Waals surface area contributed by atoms with Gasteiger partial charge in [-0.3, -0.25) is 9.78 Å². The Kier molecular flexibility index (Phi) is 4.63. The van der Waals surface area contributed by atoms with Gasteiger partial charge in [-0.2, -0.15) is 0 Å². The number of nitrogens with one attached hydrogen (secondary N) is 1. The van der Waals surface area contributed by atoms with Crippen molar-refractivity contribution in [3.63, 3.8) is 0 Å². The highest BCUT2D eigenvalue weighted by atomic mass is 79.9. The molecule has 19 heavy (non-hydrogen) atoms. The summed E-state index contributed by atoms with van der Waals surface area (Å²) >= 11 is 3.25. The van der Waals surface area contributed by atoms with E-state index in [1.165, 1.54) is 12.3 Å². The molecule has 1 amide bonds. The SMILES string of the molecule is O=C(NCCc1ccccc1F)c1cncc(Br)c1. The number of nitrogens with zero attached hydrogens (tertiary/aromatic N) is 1. The molecule has 5 heteroatoms. The zero-order chi connectivity index (χ0) is 13.7. The summed E-state index contributed by atoms with van der Waals surface area (Å²) in [6.07, 6.45) is 3.55. The monoisotopic (exact) mass is 322 g/mol. The van der Waals surface area contributed by atoms with E-state index in [0.29, 0.717) is 24.1 Å². The van der Waals surface area contributed by atoms with Gasteiger partial charge in [-0.1, -0.05) is 18.2 Å². The van der Waals surface area contributed by atoms with Gasteiger partial charge in [0.2, 0.25) is 0 Å². The third kappa shape index (κ3) is 3.86. The van der Waals surface area contributed by atoms with Crippen LogP contribution in [0.4, 0.5) is 4.39 Å². The topological polar surface area (TPSA) is 42.0 Å². The lowest BCUT2D eigenvalue weighted by atomic mass is 10.1. The van der Waals surface area contributed by atoms with Gasteiger partial charge in [0.05, 0.1) is 5.56 Å². The first-order valence-electron chi connectivity index (χ1n) is 5.79. The zero-order valence-corrected chi connectivity index (χ0v) is 11.7. The van der Waals surface area contributed by atoms with Crippen molar-refractivity contribution in [3.8, 4) is 0 Å². The van der Waals surface area contributed by atoms with Gasteiger partial charge in [0.15, 0.2) is 0 Å². The maximum atomic E-state index is 13.4. The molecule has 2 rings (SSSR count). The van der Waals surface area contributed by atoms with Crippen molar-refractivity contribution in [1.29, 1.82) is 0 Å². The second kappa shape index (κ2) is 6.43. The summed E-state index contributed by atoms with van der Waals surface area (Å²) in [4.78, 5) is 15.7. The fraction of sp³-hybridized carbons (Fsp3) is 0.143. The van der Waals surface area contributed by atoms with Crippen LogP contribution in [-0.2, 0) is 6.42 Å². The van der Waals surface area contributed by atoms with Crippen molar-refractivity contribution < 1.29 is 9.18 Å². The molecule has 0 aliphatic heterocycles.